The van der Waals surface area contributed by atoms with Gasteiger partial charge in [-0.1, -0.05) is 0 Å². The third-order valence-electron chi connectivity index (χ3n) is 13.7. The van der Waals surface area contributed by atoms with Crippen molar-refractivity contribution in [2.24, 2.45) is 0 Å². The Morgan fingerprint density at radius 2 is 0.849 bits per heavy atom. The van der Waals surface area contributed by atoms with Crippen LogP contribution in [0.5, 0.6) is 0 Å². The molecule has 6 aromatic rings. The molecule has 2 aliphatic carbocycles. The van der Waals surface area contributed by atoms with E-state index >= 15 is 0 Å². The maximum absolute atomic E-state index is 8.77. The topological polar surface area (TPSA) is 0 Å². The molecule has 0 spiro atoms. The van der Waals surface area contributed by atoms with Crippen molar-refractivity contribution in [3.05, 3.63) is 152 Å². The van der Waals surface area contributed by atoms with Crippen LogP contribution in [0.15, 0.2) is 96.1 Å². The number of rotatable bonds is 7. The van der Waals surface area contributed by atoms with Crippen molar-refractivity contribution in [3.63, 3.8) is 0 Å². The average molecular weight is 814 g/mol. The van der Waals surface area contributed by atoms with Gasteiger partial charge in [0.15, 0.2) is 0 Å². The minimum atomic E-state index is -5.02. The number of benzene rings is 6. The van der Waals surface area contributed by atoms with E-state index in [1.807, 2.05) is 0 Å². The first-order valence-corrected chi connectivity index (χ1v) is 30.5. The zero-order valence-electron chi connectivity index (χ0n) is 32.8. The Labute approximate surface area is 325 Å². The molecule has 2 unspecified atom stereocenters. The molecule has 0 bridgehead atoms. The molecular weight excluding hydrogens is 763 g/mol. The molecule has 2 atom stereocenters. The van der Waals surface area contributed by atoms with Gasteiger partial charge in [-0.15, -0.1) is 0 Å². The van der Waals surface area contributed by atoms with Gasteiger partial charge < -0.3 is 0 Å². The van der Waals surface area contributed by atoms with E-state index in [1.165, 1.54) is 111 Å². The van der Waals surface area contributed by atoms with Gasteiger partial charge >= 0.3 is 328 Å². The van der Waals surface area contributed by atoms with Crippen LogP contribution in [0.1, 0.15) is 96.5 Å². The van der Waals surface area contributed by atoms with Crippen molar-refractivity contribution in [3.8, 4) is 22.3 Å². The van der Waals surface area contributed by atoms with Crippen molar-refractivity contribution >= 4 is 50.7 Å². The van der Waals surface area contributed by atoms with E-state index < -0.39 is 16.4 Å². The van der Waals surface area contributed by atoms with E-state index in [-0.39, 0.29) is 7.25 Å². The quantitative estimate of drug-likeness (QED) is 0.151. The second kappa shape index (κ2) is 13.2. The zero-order chi connectivity index (χ0) is 37.6. The molecular formula is C50H51Cl2Zr. The standard InChI is InChI=1S/2C24H23.C2H5.2ClH.Zr/c2*1-5-18-12-22-16(3)15(2)17(4)24(23(22)13-18)21-11-10-19-8-6-7-9-20(19)14-21;1-2;;;/h2*6-14H,5H2,1-4H3;1H2,2H3;2*1H;/q;;;;;+2/p-2. The predicted octanol–water partition coefficient (Wildman–Crippen LogP) is 16.0. The molecule has 0 saturated carbocycles. The third-order valence-corrected chi connectivity index (χ3v) is 34.3. The van der Waals surface area contributed by atoms with E-state index in [9.17, 15) is 0 Å². The van der Waals surface area contributed by atoms with Gasteiger partial charge in [0.1, 0.15) is 0 Å². The first-order valence-electron chi connectivity index (χ1n) is 19.6. The van der Waals surface area contributed by atoms with Crippen molar-refractivity contribution in [1.29, 1.82) is 0 Å². The van der Waals surface area contributed by atoms with E-state index in [1.54, 1.807) is 0 Å². The van der Waals surface area contributed by atoms with Crippen LogP contribution in [0.3, 0.4) is 0 Å². The monoisotopic (exact) mass is 811 g/mol. The minimum absolute atomic E-state index is 0.0271. The van der Waals surface area contributed by atoms with Crippen molar-refractivity contribution in [2.45, 2.75) is 86.5 Å². The summed E-state index contributed by atoms with van der Waals surface area (Å²) in [4.78, 5) is 0. The predicted molar refractivity (Wildman–Crippen MR) is 231 cm³/mol. The Morgan fingerprint density at radius 3 is 1.21 bits per heavy atom. The van der Waals surface area contributed by atoms with Crippen LogP contribution >= 0.6 is 17.0 Å². The van der Waals surface area contributed by atoms with Crippen molar-refractivity contribution < 1.29 is 16.4 Å². The van der Waals surface area contributed by atoms with Crippen LogP contribution in [-0.4, -0.2) is 0 Å². The third kappa shape index (κ3) is 5.39. The van der Waals surface area contributed by atoms with Crippen LogP contribution in [-0.2, 0) is 16.4 Å². The maximum atomic E-state index is 8.77. The Balaban J connectivity index is 1.39. The molecule has 0 nitrogen and oxygen atoms in total. The molecule has 0 radical (unpaired) electrons. The van der Waals surface area contributed by atoms with Crippen LogP contribution < -0.4 is 0 Å². The van der Waals surface area contributed by atoms with Gasteiger partial charge in [-0.3, -0.25) is 0 Å². The summed E-state index contributed by atoms with van der Waals surface area (Å²) in [5, 5.41) is 5.06. The Hall–Kier alpha value is -3.22. The molecule has 8 rings (SSSR count). The molecule has 0 saturated heterocycles. The van der Waals surface area contributed by atoms with Crippen LogP contribution in [0.4, 0.5) is 0 Å². The van der Waals surface area contributed by atoms with Gasteiger partial charge in [-0.2, -0.15) is 0 Å². The van der Waals surface area contributed by atoms with Gasteiger partial charge in [0.2, 0.25) is 0 Å². The van der Waals surface area contributed by atoms with Gasteiger partial charge in [0, 0.05) is 0 Å². The first-order chi connectivity index (χ1) is 25.3. The summed E-state index contributed by atoms with van der Waals surface area (Å²) in [6.45, 7) is 20.8. The second-order valence-electron chi connectivity index (χ2n) is 16.0. The number of allylic oxidation sites excluding steroid dienone is 2. The first kappa shape index (κ1) is 36.7. The second-order valence-corrected chi connectivity index (χ2v) is 38.9. The fourth-order valence-electron chi connectivity index (χ4n) is 10.3. The van der Waals surface area contributed by atoms with Gasteiger partial charge in [0.25, 0.3) is 0 Å². The van der Waals surface area contributed by atoms with Gasteiger partial charge in [-0.05, 0) is 0 Å². The SMILES string of the molecule is CCC1=Cc2c(-c3ccc4ccccc4c3)c(C)c(C)c(C)c2[CH]1[Zr]([Cl])([Cl])([CH2]C)[CH]1C(CC)=Cc2c(-c3ccc4ccccc4c3)c(C)c(C)c(C)c21. The van der Waals surface area contributed by atoms with Crippen LogP contribution in [0.25, 0.3) is 56.0 Å². The molecule has 6 aromatic carbocycles. The van der Waals surface area contributed by atoms with Crippen LogP contribution in [0.2, 0.25) is 4.13 Å². The summed E-state index contributed by atoms with van der Waals surface area (Å²) in [6, 6.07) is 31.3. The summed E-state index contributed by atoms with van der Waals surface area (Å²) in [5.41, 5.74) is 21.6. The molecule has 0 N–H and O–H groups in total. The molecule has 0 amide bonds. The summed E-state index contributed by atoms with van der Waals surface area (Å²) in [7, 11) is 17.5. The van der Waals surface area contributed by atoms with E-state index in [4.69, 9.17) is 17.0 Å². The summed E-state index contributed by atoms with van der Waals surface area (Å²) >= 11 is -5.02. The number of halogens is 2. The zero-order valence-corrected chi connectivity index (χ0v) is 36.7. The van der Waals surface area contributed by atoms with Crippen molar-refractivity contribution in [1.82, 2.24) is 0 Å². The van der Waals surface area contributed by atoms with Crippen molar-refractivity contribution in [2.75, 3.05) is 0 Å². The molecule has 0 fully saturated rings. The Bertz CT molecular complexity index is 2410. The average Bonchev–Trinajstić information content (AvgIpc) is 3.77. The molecule has 0 aromatic heterocycles. The summed E-state index contributed by atoms with van der Waals surface area (Å²) in [5.74, 6) is 0. The summed E-state index contributed by atoms with van der Waals surface area (Å²) < 4.78 is 0.863. The number of hydrogen-bond acceptors (Lipinski definition) is 0. The molecule has 53 heavy (non-hydrogen) atoms. The molecule has 0 heterocycles. The van der Waals surface area contributed by atoms with E-state index in [0.29, 0.717) is 0 Å². The number of fused-ring (bicyclic) bond motifs is 4. The fourth-order valence-corrected chi connectivity index (χ4v) is 28.9. The summed E-state index contributed by atoms with van der Waals surface area (Å²) in [6.07, 6.45) is 6.87. The van der Waals surface area contributed by atoms with E-state index in [0.717, 1.165) is 17.0 Å². The number of hydrogen-bond donors (Lipinski definition) is 0. The molecule has 0 aliphatic heterocycles. The Kier molecular flexibility index (Phi) is 9.17. The van der Waals surface area contributed by atoms with Crippen LogP contribution in [0, 0.1) is 41.5 Å². The van der Waals surface area contributed by atoms with E-state index in [2.05, 4.69) is 159 Å². The fraction of sp³-hybridized carbons (Fsp3) is 0.280. The molecule has 3 heteroatoms. The molecule has 2 aliphatic rings. The molecule has 269 valence electrons. The van der Waals surface area contributed by atoms with Gasteiger partial charge in [0.05, 0.1) is 0 Å². The van der Waals surface area contributed by atoms with Gasteiger partial charge in [-0.25, -0.2) is 0 Å². The normalized spacial score (nSPS) is 17.5. The Morgan fingerprint density at radius 1 is 0.472 bits per heavy atom.